The van der Waals surface area contributed by atoms with Crippen molar-refractivity contribution in [1.29, 1.82) is 0 Å². The molecular formula is C12H16ClNS. The molecule has 3 heteroatoms. The quantitative estimate of drug-likeness (QED) is 0.876. The molecule has 0 radical (unpaired) electrons. The van der Waals surface area contributed by atoms with Gasteiger partial charge in [-0.1, -0.05) is 24.1 Å². The van der Waals surface area contributed by atoms with Crippen molar-refractivity contribution in [2.24, 2.45) is 11.7 Å². The first-order chi connectivity index (χ1) is 7.29. The molecule has 0 bridgehead atoms. The molecule has 0 amide bonds. The summed E-state index contributed by atoms with van der Waals surface area (Å²) in [5, 5.41) is 1.51. The molecule has 1 fully saturated rings. The molecule has 1 saturated carbocycles. The molecule has 1 aliphatic rings. The summed E-state index contributed by atoms with van der Waals surface area (Å²) < 4.78 is 0. The number of hydrogen-bond acceptors (Lipinski definition) is 2. The average Bonchev–Trinajstić information content (AvgIpc) is 2.65. The van der Waals surface area contributed by atoms with Crippen molar-refractivity contribution in [3.8, 4) is 0 Å². The summed E-state index contributed by atoms with van der Waals surface area (Å²) in [6.45, 7) is 0.818. The van der Waals surface area contributed by atoms with Gasteiger partial charge in [0.2, 0.25) is 0 Å². The lowest BCUT2D eigenvalue weighted by molar-refractivity contribution is 0.573. The van der Waals surface area contributed by atoms with E-state index < -0.39 is 0 Å². The van der Waals surface area contributed by atoms with Crippen LogP contribution >= 0.6 is 23.4 Å². The Hall–Kier alpha value is -0.180. The number of hydrogen-bond donors (Lipinski definition) is 1. The molecule has 0 aromatic heterocycles. The third-order valence-electron chi connectivity index (χ3n) is 2.98. The molecule has 2 N–H and O–H groups in total. The molecule has 2 rings (SSSR count). The van der Waals surface area contributed by atoms with E-state index >= 15 is 0 Å². The van der Waals surface area contributed by atoms with E-state index in [9.17, 15) is 0 Å². The summed E-state index contributed by atoms with van der Waals surface area (Å²) >= 11 is 7.90. The Morgan fingerprint density at radius 1 is 1.40 bits per heavy atom. The largest absolute Gasteiger partial charge is 0.330 e. The number of thioether (sulfide) groups is 1. The van der Waals surface area contributed by atoms with Gasteiger partial charge in [-0.2, -0.15) is 0 Å². The van der Waals surface area contributed by atoms with Crippen LogP contribution in [0.3, 0.4) is 0 Å². The lowest BCUT2D eigenvalue weighted by Crippen LogP contribution is -2.20. The SMILES string of the molecule is NCC1CCCC1Sc1cccc(Cl)c1. The molecule has 0 aliphatic heterocycles. The molecule has 1 nitrogen and oxygen atoms in total. The molecule has 1 aromatic carbocycles. The van der Waals surface area contributed by atoms with Crippen LogP contribution < -0.4 is 5.73 Å². The zero-order valence-electron chi connectivity index (χ0n) is 8.66. The highest BCUT2D eigenvalue weighted by Crippen LogP contribution is 2.38. The lowest BCUT2D eigenvalue weighted by Gasteiger charge is -2.17. The Labute approximate surface area is 100 Å². The first kappa shape index (κ1) is 11.3. The fourth-order valence-corrected chi connectivity index (χ4v) is 3.82. The molecular weight excluding hydrogens is 226 g/mol. The second-order valence-corrected chi connectivity index (χ2v) is 5.79. The van der Waals surface area contributed by atoms with Gasteiger partial charge in [0.15, 0.2) is 0 Å². The van der Waals surface area contributed by atoms with Crippen LogP contribution in [-0.2, 0) is 0 Å². The van der Waals surface area contributed by atoms with Crippen molar-refractivity contribution in [1.82, 2.24) is 0 Å². The van der Waals surface area contributed by atoms with Gasteiger partial charge >= 0.3 is 0 Å². The van der Waals surface area contributed by atoms with E-state index in [2.05, 4.69) is 6.07 Å². The zero-order valence-corrected chi connectivity index (χ0v) is 10.2. The molecule has 82 valence electrons. The van der Waals surface area contributed by atoms with E-state index in [4.69, 9.17) is 17.3 Å². The van der Waals surface area contributed by atoms with Gasteiger partial charge < -0.3 is 5.73 Å². The van der Waals surface area contributed by atoms with Crippen LogP contribution in [0.15, 0.2) is 29.2 Å². The van der Waals surface area contributed by atoms with E-state index in [-0.39, 0.29) is 0 Å². The minimum atomic E-state index is 0.688. The van der Waals surface area contributed by atoms with Crippen molar-refractivity contribution in [2.75, 3.05) is 6.54 Å². The molecule has 2 atom stereocenters. The highest BCUT2D eigenvalue weighted by molar-refractivity contribution is 8.00. The van der Waals surface area contributed by atoms with Gasteiger partial charge in [0.1, 0.15) is 0 Å². The minimum absolute atomic E-state index is 0.688. The average molecular weight is 242 g/mol. The maximum absolute atomic E-state index is 5.96. The Balaban J connectivity index is 2.02. The fourth-order valence-electron chi connectivity index (χ4n) is 2.14. The van der Waals surface area contributed by atoms with Crippen LogP contribution in [0.25, 0.3) is 0 Å². The smallest absolute Gasteiger partial charge is 0.0417 e. The third kappa shape index (κ3) is 2.90. The van der Waals surface area contributed by atoms with Crippen LogP contribution in [0.5, 0.6) is 0 Å². The number of rotatable bonds is 3. The normalized spacial score (nSPS) is 25.7. The maximum atomic E-state index is 5.96. The van der Waals surface area contributed by atoms with Crippen LogP contribution in [0, 0.1) is 5.92 Å². The minimum Gasteiger partial charge on any atom is -0.330 e. The lowest BCUT2D eigenvalue weighted by atomic mass is 10.1. The third-order valence-corrected chi connectivity index (χ3v) is 4.66. The molecule has 0 heterocycles. The molecule has 0 saturated heterocycles. The Kier molecular flexibility index (Phi) is 3.95. The van der Waals surface area contributed by atoms with Crippen molar-refractivity contribution in [2.45, 2.75) is 29.4 Å². The molecule has 0 spiro atoms. The monoisotopic (exact) mass is 241 g/mol. The fraction of sp³-hybridized carbons (Fsp3) is 0.500. The highest BCUT2D eigenvalue weighted by atomic mass is 35.5. The van der Waals surface area contributed by atoms with Gasteiger partial charge in [-0.3, -0.25) is 0 Å². The van der Waals surface area contributed by atoms with E-state index in [1.807, 2.05) is 30.0 Å². The summed E-state index contributed by atoms with van der Waals surface area (Å²) in [6, 6.07) is 8.10. The highest BCUT2D eigenvalue weighted by Gasteiger charge is 2.26. The number of nitrogens with two attached hydrogens (primary N) is 1. The van der Waals surface area contributed by atoms with Gasteiger partial charge in [0.25, 0.3) is 0 Å². The van der Waals surface area contributed by atoms with Crippen molar-refractivity contribution in [3.05, 3.63) is 29.3 Å². The van der Waals surface area contributed by atoms with Crippen molar-refractivity contribution in [3.63, 3.8) is 0 Å². The first-order valence-electron chi connectivity index (χ1n) is 5.42. The standard InChI is InChI=1S/C12H16ClNS/c13-10-4-2-5-11(7-10)15-12-6-1-3-9(12)8-14/h2,4-5,7,9,12H,1,3,6,8,14H2. The summed E-state index contributed by atoms with van der Waals surface area (Å²) in [4.78, 5) is 1.27. The predicted molar refractivity (Wildman–Crippen MR) is 67.5 cm³/mol. The van der Waals surface area contributed by atoms with Crippen LogP contribution in [0.1, 0.15) is 19.3 Å². The van der Waals surface area contributed by atoms with Crippen LogP contribution in [0.4, 0.5) is 0 Å². The molecule has 1 aliphatic carbocycles. The maximum Gasteiger partial charge on any atom is 0.0417 e. The Morgan fingerprint density at radius 2 is 2.27 bits per heavy atom. The summed E-state index contributed by atoms with van der Waals surface area (Å²) in [5.41, 5.74) is 5.77. The summed E-state index contributed by atoms with van der Waals surface area (Å²) in [5.74, 6) is 0.689. The van der Waals surface area contributed by atoms with E-state index in [1.165, 1.54) is 24.2 Å². The summed E-state index contributed by atoms with van der Waals surface area (Å²) in [6.07, 6.45) is 3.90. The molecule has 1 aromatic rings. The van der Waals surface area contributed by atoms with Gasteiger partial charge in [-0.15, -0.1) is 11.8 Å². The number of benzene rings is 1. The second-order valence-electron chi connectivity index (χ2n) is 4.04. The zero-order chi connectivity index (χ0) is 10.7. The van der Waals surface area contributed by atoms with Gasteiger partial charge in [-0.05, 0) is 43.5 Å². The van der Waals surface area contributed by atoms with Gasteiger partial charge in [0.05, 0.1) is 0 Å². The summed E-state index contributed by atoms with van der Waals surface area (Å²) in [7, 11) is 0. The van der Waals surface area contributed by atoms with E-state index in [1.54, 1.807) is 0 Å². The Bertz CT molecular complexity index is 329. The van der Waals surface area contributed by atoms with Crippen molar-refractivity contribution < 1.29 is 0 Å². The van der Waals surface area contributed by atoms with Gasteiger partial charge in [0, 0.05) is 15.2 Å². The van der Waals surface area contributed by atoms with Crippen LogP contribution in [0.2, 0.25) is 5.02 Å². The van der Waals surface area contributed by atoms with E-state index in [0.717, 1.165) is 11.6 Å². The van der Waals surface area contributed by atoms with E-state index in [0.29, 0.717) is 11.2 Å². The number of halogens is 1. The van der Waals surface area contributed by atoms with Crippen LogP contribution in [-0.4, -0.2) is 11.8 Å². The second kappa shape index (κ2) is 5.24. The predicted octanol–water partition coefficient (Wildman–Crippen LogP) is 3.56. The topological polar surface area (TPSA) is 26.0 Å². The van der Waals surface area contributed by atoms with Crippen molar-refractivity contribution >= 4 is 23.4 Å². The first-order valence-corrected chi connectivity index (χ1v) is 6.67. The Morgan fingerprint density at radius 3 is 3.00 bits per heavy atom. The molecule has 15 heavy (non-hydrogen) atoms. The van der Waals surface area contributed by atoms with Gasteiger partial charge in [-0.25, -0.2) is 0 Å². The molecule has 2 unspecified atom stereocenters.